The Morgan fingerprint density at radius 3 is 2.57 bits per heavy atom. The highest BCUT2D eigenvalue weighted by atomic mass is 35.5. The Bertz CT molecular complexity index is 1420. The van der Waals surface area contributed by atoms with Crippen molar-refractivity contribution in [2.24, 2.45) is 0 Å². The first kappa shape index (κ1) is 21.9. The van der Waals surface area contributed by atoms with Crippen molar-refractivity contribution < 1.29 is 19.4 Å². The number of anilines is 1. The van der Waals surface area contributed by atoms with Crippen molar-refractivity contribution in [2.75, 3.05) is 18.0 Å². The number of aromatic nitrogens is 3. The maximum Gasteiger partial charge on any atom is 0.336 e. The zero-order chi connectivity index (χ0) is 24.1. The zero-order valence-corrected chi connectivity index (χ0v) is 19.7. The molecule has 0 radical (unpaired) electrons. The average Bonchev–Trinajstić information content (AvgIpc) is 3.40. The van der Waals surface area contributed by atoms with E-state index in [0.29, 0.717) is 45.4 Å². The third-order valence-corrected chi connectivity index (χ3v) is 6.90. The number of carboxylic acids is 1. The van der Waals surface area contributed by atoms with Crippen molar-refractivity contribution in [3.8, 4) is 23.0 Å². The van der Waals surface area contributed by atoms with Gasteiger partial charge < -0.3 is 24.5 Å². The Hall–Kier alpha value is -3.62. The van der Waals surface area contributed by atoms with Gasteiger partial charge in [-0.1, -0.05) is 29.8 Å². The van der Waals surface area contributed by atoms with Gasteiger partial charge in [-0.2, -0.15) is 4.98 Å². The van der Waals surface area contributed by atoms with Gasteiger partial charge in [-0.15, -0.1) is 0 Å². The molecule has 6 rings (SSSR count). The molecule has 2 fully saturated rings. The van der Waals surface area contributed by atoms with Crippen LogP contribution in [0.3, 0.4) is 0 Å². The first-order chi connectivity index (χ1) is 16.9. The Kier molecular flexibility index (Phi) is 5.35. The minimum atomic E-state index is -1.01. The number of morpholine rings is 1. The van der Waals surface area contributed by atoms with Gasteiger partial charge in [0.05, 0.1) is 34.0 Å². The maximum absolute atomic E-state index is 11.4. The van der Waals surface area contributed by atoms with Crippen LogP contribution < -0.4 is 9.64 Å². The molecule has 4 aromatic rings. The molecular formula is C26H23ClN4O4. The van der Waals surface area contributed by atoms with Gasteiger partial charge in [0.1, 0.15) is 5.75 Å². The van der Waals surface area contributed by atoms with Crippen molar-refractivity contribution in [3.63, 3.8) is 0 Å². The number of H-pyrrole nitrogens is 1. The molecule has 0 saturated carbocycles. The molecule has 178 valence electrons. The molecule has 0 aliphatic carbocycles. The summed E-state index contributed by atoms with van der Waals surface area (Å²) < 4.78 is 11.7. The monoisotopic (exact) mass is 490 g/mol. The predicted octanol–water partition coefficient (Wildman–Crippen LogP) is 5.44. The number of aryl methyl sites for hydroxylation is 1. The summed E-state index contributed by atoms with van der Waals surface area (Å²) in [5.41, 5.74) is 4.61. The number of hydrogen-bond acceptors (Lipinski definition) is 6. The van der Waals surface area contributed by atoms with Crippen LogP contribution in [0.1, 0.15) is 28.8 Å². The van der Waals surface area contributed by atoms with Crippen LogP contribution >= 0.6 is 11.6 Å². The Morgan fingerprint density at radius 2 is 1.86 bits per heavy atom. The fourth-order valence-electron chi connectivity index (χ4n) is 4.81. The fourth-order valence-corrected chi connectivity index (χ4v) is 5.07. The van der Waals surface area contributed by atoms with E-state index in [2.05, 4.69) is 32.0 Å². The minimum absolute atomic E-state index is 0.176. The van der Waals surface area contributed by atoms with E-state index in [1.165, 1.54) is 11.8 Å². The summed E-state index contributed by atoms with van der Waals surface area (Å²) in [7, 11) is 0. The molecule has 9 heteroatoms. The molecule has 0 spiro atoms. The highest BCUT2D eigenvalue weighted by Crippen LogP contribution is 2.34. The number of nitrogens with one attached hydrogen (secondary N) is 1. The third-order valence-electron chi connectivity index (χ3n) is 6.61. The quantitative estimate of drug-likeness (QED) is 0.384. The summed E-state index contributed by atoms with van der Waals surface area (Å²) in [6.45, 7) is 3.58. The van der Waals surface area contributed by atoms with E-state index in [9.17, 15) is 9.90 Å². The standard InChI is InChI=1S/C26H23ClN4O4/c1-14-2-7-17(10-20(14)25(32)33)35-26-28-22-11-21(27)23(29-24(22)30-26)15-3-5-16(6-4-15)31-12-18-8-9-19(13-31)34-18/h2-7,10-11,18-19H,8-9,12-13H2,1H3,(H,32,33)(H,28,29,30). The van der Waals surface area contributed by atoms with E-state index in [1.807, 2.05) is 12.1 Å². The minimum Gasteiger partial charge on any atom is -0.478 e. The highest BCUT2D eigenvalue weighted by molar-refractivity contribution is 6.33. The molecule has 2 aliphatic rings. The highest BCUT2D eigenvalue weighted by Gasteiger charge is 2.33. The lowest BCUT2D eigenvalue weighted by molar-refractivity contribution is 0.0305. The van der Waals surface area contributed by atoms with Crippen LogP contribution in [-0.2, 0) is 4.74 Å². The van der Waals surface area contributed by atoms with Gasteiger partial charge in [0.2, 0.25) is 0 Å². The van der Waals surface area contributed by atoms with Crippen molar-refractivity contribution in [3.05, 3.63) is 64.7 Å². The summed E-state index contributed by atoms with van der Waals surface area (Å²) in [5.74, 6) is -0.645. The van der Waals surface area contributed by atoms with E-state index >= 15 is 0 Å². The first-order valence-corrected chi connectivity index (χ1v) is 11.9. The fraction of sp³-hybridized carbons (Fsp3) is 0.269. The largest absolute Gasteiger partial charge is 0.478 e. The topological polar surface area (TPSA) is 101 Å². The Morgan fingerprint density at radius 1 is 1.11 bits per heavy atom. The number of aromatic carboxylic acids is 1. The van der Waals surface area contributed by atoms with Gasteiger partial charge in [0.25, 0.3) is 0 Å². The lowest BCUT2D eigenvalue weighted by Gasteiger charge is -2.33. The number of carboxylic acid groups (broad SMARTS) is 1. The SMILES string of the molecule is Cc1ccc(Oc2nc3nc(-c4ccc(N5CC6CCC(C5)O6)cc4)c(Cl)cc3[nH]2)cc1C(=O)O. The van der Waals surface area contributed by atoms with Crippen LogP contribution in [0.25, 0.3) is 22.4 Å². The first-order valence-electron chi connectivity index (χ1n) is 11.5. The molecule has 2 aromatic heterocycles. The lowest BCUT2D eigenvalue weighted by Crippen LogP contribution is -2.42. The van der Waals surface area contributed by atoms with E-state index < -0.39 is 5.97 Å². The molecule has 2 aromatic carbocycles. The molecule has 4 heterocycles. The van der Waals surface area contributed by atoms with Crippen molar-refractivity contribution in [1.82, 2.24) is 15.0 Å². The van der Waals surface area contributed by atoms with Gasteiger partial charge in [-0.3, -0.25) is 0 Å². The second-order valence-corrected chi connectivity index (χ2v) is 9.43. The van der Waals surface area contributed by atoms with Crippen LogP contribution in [0, 0.1) is 6.92 Å². The van der Waals surface area contributed by atoms with Crippen LogP contribution in [0.2, 0.25) is 5.02 Å². The van der Waals surface area contributed by atoms with E-state index in [0.717, 1.165) is 31.5 Å². The van der Waals surface area contributed by atoms with Crippen LogP contribution in [-0.4, -0.2) is 51.3 Å². The van der Waals surface area contributed by atoms with E-state index in [1.54, 1.807) is 25.1 Å². The summed E-state index contributed by atoms with van der Waals surface area (Å²) in [4.78, 5) is 25.9. The van der Waals surface area contributed by atoms with Crippen LogP contribution in [0.4, 0.5) is 5.69 Å². The Labute approximate surface area is 206 Å². The maximum atomic E-state index is 11.4. The predicted molar refractivity (Wildman–Crippen MR) is 133 cm³/mol. The molecule has 8 nitrogen and oxygen atoms in total. The summed E-state index contributed by atoms with van der Waals surface area (Å²) in [6, 6.07) is 15.1. The van der Waals surface area contributed by atoms with Gasteiger partial charge in [0.15, 0.2) is 5.65 Å². The molecule has 2 N–H and O–H groups in total. The summed E-state index contributed by atoms with van der Waals surface area (Å²) >= 11 is 6.57. The number of ether oxygens (including phenoxy) is 2. The zero-order valence-electron chi connectivity index (χ0n) is 19.0. The van der Waals surface area contributed by atoms with Gasteiger partial charge >= 0.3 is 12.0 Å². The summed E-state index contributed by atoms with van der Waals surface area (Å²) in [6.07, 6.45) is 2.94. The number of nitrogens with zero attached hydrogens (tertiary/aromatic N) is 3. The number of halogens is 1. The smallest absolute Gasteiger partial charge is 0.336 e. The summed E-state index contributed by atoms with van der Waals surface area (Å²) in [5, 5.41) is 9.84. The molecule has 2 unspecified atom stereocenters. The number of hydrogen-bond donors (Lipinski definition) is 2. The number of benzene rings is 2. The molecule has 2 saturated heterocycles. The third kappa shape index (κ3) is 4.19. The molecule has 2 aliphatic heterocycles. The van der Waals surface area contributed by atoms with Crippen LogP contribution in [0.5, 0.6) is 11.8 Å². The second kappa shape index (κ2) is 8.55. The average molecular weight is 491 g/mol. The van der Waals surface area contributed by atoms with Crippen LogP contribution in [0.15, 0.2) is 48.5 Å². The molecule has 2 atom stereocenters. The van der Waals surface area contributed by atoms with Gasteiger partial charge in [-0.25, -0.2) is 9.78 Å². The normalized spacial score (nSPS) is 19.3. The number of carbonyl (C=O) groups is 1. The van der Waals surface area contributed by atoms with Crippen molar-refractivity contribution in [1.29, 1.82) is 0 Å². The van der Waals surface area contributed by atoms with E-state index in [4.69, 9.17) is 21.1 Å². The number of imidazole rings is 1. The number of pyridine rings is 1. The molecular weight excluding hydrogens is 468 g/mol. The Balaban J connectivity index is 1.25. The lowest BCUT2D eigenvalue weighted by atomic mass is 10.1. The van der Waals surface area contributed by atoms with Gasteiger partial charge in [0, 0.05) is 24.3 Å². The number of rotatable bonds is 5. The molecule has 0 amide bonds. The van der Waals surface area contributed by atoms with Gasteiger partial charge in [-0.05, 0) is 55.7 Å². The van der Waals surface area contributed by atoms with E-state index in [-0.39, 0.29) is 11.6 Å². The number of fused-ring (bicyclic) bond motifs is 3. The number of aromatic amines is 1. The van der Waals surface area contributed by atoms with Crippen molar-refractivity contribution >= 4 is 34.4 Å². The van der Waals surface area contributed by atoms with Crippen molar-refractivity contribution in [2.45, 2.75) is 32.0 Å². The second-order valence-electron chi connectivity index (χ2n) is 9.03. The molecule has 35 heavy (non-hydrogen) atoms. The molecule has 2 bridgehead atoms.